The molecule has 0 aliphatic rings. The molecule has 0 bridgehead atoms. The first-order valence-electron chi connectivity index (χ1n) is 7.78. The zero-order valence-corrected chi connectivity index (χ0v) is 14.2. The summed E-state index contributed by atoms with van der Waals surface area (Å²) in [7, 11) is 0. The third kappa shape index (κ3) is 5.66. The predicted molar refractivity (Wildman–Crippen MR) is 95.0 cm³/mol. The maximum Gasteiger partial charge on any atom is 0.342 e. The van der Waals surface area contributed by atoms with E-state index in [0.717, 1.165) is 18.4 Å². The van der Waals surface area contributed by atoms with Gasteiger partial charge in [0.1, 0.15) is 0 Å². The Kier molecular flexibility index (Phi) is 6.03. The molecule has 1 heterocycles. The Morgan fingerprint density at radius 3 is 2.57 bits per heavy atom. The SMILES string of the molecule is CC(C)=CCC/C(C)=C\C=N/c1nnc(-c2ccc(C)cc2)o1. The van der Waals surface area contributed by atoms with Crippen molar-refractivity contribution >= 4 is 12.2 Å². The summed E-state index contributed by atoms with van der Waals surface area (Å²) in [6.07, 6.45) is 8.01. The van der Waals surface area contributed by atoms with E-state index in [4.69, 9.17) is 4.42 Å². The van der Waals surface area contributed by atoms with Gasteiger partial charge < -0.3 is 4.42 Å². The van der Waals surface area contributed by atoms with Gasteiger partial charge in [-0.1, -0.05) is 40.0 Å². The Balaban J connectivity index is 1.96. The van der Waals surface area contributed by atoms with Gasteiger partial charge in [0, 0.05) is 11.8 Å². The first-order chi connectivity index (χ1) is 11.0. The van der Waals surface area contributed by atoms with Crippen molar-refractivity contribution in [1.29, 1.82) is 0 Å². The van der Waals surface area contributed by atoms with E-state index in [1.807, 2.05) is 37.3 Å². The van der Waals surface area contributed by atoms with Gasteiger partial charge >= 0.3 is 6.01 Å². The summed E-state index contributed by atoms with van der Waals surface area (Å²) in [5.41, 5.74) is 4.71. The van der Waals surface area contributed by atoms with Gasteiger partial charge in [-0.15, -0.1) is 5.10 Å². The smallest absolute Gasteiger partial charge is 0.342 e. The Morgan fingerprint density at radius 2 is 1.87 bits per heavy atom. The number of rotatable bonds is 6. The molecule has 1 aromatic carbocycles. The predicted octanol–water partition coefficient (Wildman–Crippen LogP) is 5.44. The highest BCUT2D eigenvalue weighted by molar-refractivity contribution is 5.74. The van der Waals surface area contributed by atoms with E-state index in [2.05, 4.69) is 42.0 Å². The molecule has 0 atom stereocenters. The number of aromatic nitrogens is 2. The van der Waals surface area contributed by atoms with E-state index in [0.29, 0.717) is 5.89 Å². The molecule has 0 N–H and O–H groups in total. The quantitative estimate of drug-likeness (QED) is 0.527. The molecule has 4 heteroatoms. The third-order valence-electron chi connectivity index (χ3n) is 3.35. The molecule has 0 spiro atoms. The zero-order valence-electron chi connectivity index (χ0n) is 14.2. The van der Waals surface area contributed by atoms with Crippen LogP contribution in [0.1, 0.15) is 39.2 Å². The number of hydrogen-bond acceptors (Lipinski definition) is 4. The number of allylic oxidation sites excluding steroid dienone is 4. The van der Waals surface area contributed by atoms with Gasteiger partial charge in [0.25, 0.3) is 0 Å². The third-order valence-corrected chi connectivity index (χ3v) is 3.35. The molecule has 2 aromatic rings. The number of nitrogens with zero attached hydrogens (tertiary/aromatic N) is 3. The van der Waals surface area contributed by atoms with E-state index in [1.54, 1.807) is 6.21 Å². The van der Waals surface area contributed by atoms with E-state index < -0.39 is 0 Å². The van der Waals surface area contributed by atoms with Crippen molar-refractivity contribution in [1.82, 2.24) is 10.2 Å². The average Bonchev–Trinajstić information content (AvgIpc) is 2.96. The largest absolute Gasteiger partial charge is 0.402 e. The van der Waals surface area contributed by atoms with E-state index in [1.165, 1.54) is 16.7 Å². The molecule has 0 radical (unpaired) electrons. The maximum atomic E-state index is 5.55. The molecule has 120 valence electrons. The lowest BCUT2D eigenvalue weighted by molar-refractivity contribution is 0.580. The van der Waals surface area contributed by atoms with Gasteiger partial charge in [0.2, 0.25) is 5.89 Å². The summed E-state index contributed by atoms with van der Waals surface area (Å²) in [4.78, 5) is 4.20. The number of aryl methyl sites for hydroxylation is 1. The number of aliphatic imine (C=N–C) groups is 1. The molecule has 0 amide bonds. The number of benzene rings is 1. The van der Waals surface area contributed by atoms with Crippen LogP contribution in [0.4, 0.5) is 6.01 Å². The molecule has 23 heavy (non-hydrogen) atoms. The Labute approximate surface area is 137 Å². The monoisotopic (exact) mass is 309 g/mol. The molecule has 4 nitrogen and oxygen atoms in total. The maximum absolute atomic E-state index is 5.55. The molecule has 0 saturated heterocycles. The van der Waals surface area contributed by atoms with E-state index in [9.17, 15) is 0 Å². The van der Waals surface area contributed by atoms with Crippen molar-refractivity contribution < 1.29 is 4.42 Å². The van der Waals surface area contributed by atoms with Gasteiger partial charge in [0.15, 0.2) is 0 Å². The molecular formula is C19H23N3O. The second kappa shape index (κ2) is 8.22. The summed E-state index contributed by atoms with van der Waals surface area (Å²) < 4.78 is 5.55. The fourth-order valence-corrected chi connectivity index (χ4v) is 1.98. The first kappa shape index (κ1) is 16.9. The molecule has 0 unspecified atom stereocenters. The average molecular weight is 309 g/mol. The van der Waals surface area contributed by atoms with Crippen LogP contribution in [-0.4, -0.2) is 16.4 Å². The summed E-state index contributed by atoms with van der Waals surface area (Å²) in [5.74, 6) is 0.487. The summed E-state index contributed by atoms with van der Waals surface area (Å²) >= 11 is 0. The topological polar surface area (TPSA) is 51.3 Å². The second-order valence-electron chi connectivity index (χ2n) is 5.87. The minimum atomic E-state index is 0.272. The van der Waals surface area contributed by atoms with Crippen molar-refractivity contribution in [2.24, 2.45) is 4.99 Å². The van der Waals surface area contributed by atoms with Crippen molar-refractivity contribution in [2.75, 3.05) is 0 Å². The summed E-state index contributed by atoms with van der Waals surface area (Å²) in [5, 5.41) is 7.97. The van der Waals surface area contributed by atoms with Gasteiger partial charge in [0.05, 0.1) is 0 Å². The molecule has 1 aromatic heterocycles. The standard InChI is InChI=1S/C19H23N3O/c1-14(2)6-5-7-15(3)12-13-20-19-22-21-18(23-19)17-10-8-16(4)9-11-17/h6,8-13H,5,7H2,1-4H3/b15-12-,20-13-. The molecular weight excluding hydrogens is 286 g/mol. The minimum Gasteiger partial charge on any atom is -0.402 e. The van der Waals surface area contributed by atoms with Crippen LogP contribution in [0.25, 0.3) is 11.5 Å². The Hall–Kier alpha value is -2.49. The van der Waals surface area contributed by atoms with Crippen molar-refractivity contribution in [3.8, 4) is 11.5 Å². The second-order valence-corrected chi connectivity index (χ2v) is 5.87. The van der Waals surface area contributed by atoms with Gasteiger partial charge in [-0.05, 0) is 58.7 Å². The van der Waals surface area contributed by atoms with Crippen LogP contribution in [0.15, 0.2) is 57.0 Å². The molecule has 0 aliphatic carbocycles. The summed E-state index contributed by atoms with van der Waals surface area (Å²) in [6, 6.07) is 8.23. The fourth-order valence-electron chi connectivity index (χ4n) is 1.98. The highest BCUT2D eigenvalue weighted by Gasteiger charge is 2.06. The molecule has 0 aliphatic heterocycles. The Bertz CT molecular complexity index is 717. The van der Waals surface area contributed by atoms with Crippen molar-refractivity contribution in [3.63, 3.8) is 0 Å². The zero-order chi connectivity index (χ0) is 16.7. The molecule has 0 saturated carbocycles. The van der Waals surface area contributed by atoms with Crippen LogP contribution in [0.3, 0.4) is 0 Å². The van der Waals surface area contributed by atoms with Crippen LogP contribution in [-0.2, 0) is 0 Å². The lowest BCUT2D eigenvalue weighted by Gasteiger charge is -1.96. The van der Waals surface area contributed by atoms with Crippen molar-refractivity contribution in [2.45, 2.75) is 40.5 Å². The first-order valence-corrected chi connectivity index (χ1v) is 7.78. The highest BCUT2D eigenvalue weighted by atomic mass is 16.4. The van der Waals surface area contributed by atoms with Crippen LogP contribution in [0.2, 0.25) is 0 Å². The van der Waals surface area contributed by atoms with Gasteiger partial charge in [-0.25, -0.2) is 4.99 Å². The molecule has 0 fully saturated rings. The van der Waals surface area contributed by atoms with Crippen LogP contribution in [0, 0.1) is 6.92 Å². The van der Waals surface area contributed by atoms with E-state index >= 15 is 0 Å². The lowest BCUT2D eigenvalue weighted by Crippen LogP contribution is -1.78. The minimum absolute atomic E-state index is 0.272. The molecule has 2 rings (SSSR count). The van der Waals surface area contributed by atoms with Crippen LogP contribution in [0.5, 0.6) is 0 Å². The van der Waals surface area contributed by atoms with Crippen LogP contribution < -0.4 is 0 Å². The summed E-state index contributed by atoms with van der Waals surface area (Å²) in [6.45, 7) is 8.36. The highest BCUT2D eigenvalue weighted by Crippen LogP contribution is 2.21. The van der Waals surface area contributed by atoms with Crippen molar-refractivity contribution in [3.05, 3.63) is 53.1 Å². The van der Waals surface area contributed by atoms with Gasteiger partial charge in [-0.2, -0.15) is 0 Å². The van der Waals surface area contributed by atoms with Gasteiger partial charge in [-0.3, -0.25) is 0 Å². The van der Waals surface area contributed by atoms with Crippen LogP contribution >= 0.6 is 0 Å². The lowest BCUT2D eigenvalue weighted by atomic mass is 10.1. The fraction of sp³-hybridized carbons (Fsp3) is 0.316. The van der Waals surface area contributed by atoms with E-state index in [-0.39, 0.29) is 6.01 Å². The normalized spacial score (nSPS) is 11.9. The number of hydrogen-bond donors (Lipinski definition) is 0. The Morgan fingerprint density at radius 1 is 1.13 bits per heavy atom.